The molecule has 3 rings (SSSR count). The van der Waals surface area contributed by atoms with Crippen LogP contribution in [0.25, 0.3) is 0 Å². The average Bonchev–Trinajstić information content (AvgIpc) is 2.93. The van der Waals surface area contributed by atoms with Crippen LogP contribution in [0.2, 0.25) is 5.02 Å². The molecule has 0 saturated carbocycles. The smallest absolute Gasteiger partial charge is 0.416 e. The summed E-state index contributed by atoms with van der Waals surface area (Å²) >= 11 is 5.85. The Morgan fingerprint density at radius 2 is 1.90 bits per heavy atom. The van der Waals surface area contributed by atoms with Gasteiger partial charge in [0.2, 0.25) is 11.5 Å². The molecule has 0 atom stereocenters. The van der Waals surface area contributed by atoms with Gasteiger partial charge in [-0.3, -0.25) is 29.5 Å². The molecule has 1 aromatic heterocycles. The number of alkyl halides is 3. The lowest BCUT2D eigenvalue weighted by molar-refractivity contribution is -0.385. The predicted octanol–water partition coefficient (Wildman–Crippen LogP) is 4.63. The minimum atomic E-state index is -4.64. The average molecular weight is 456 g/mol. The predicted molar refractivity (Wildman–Crippen MR) is 104 cm³/mol. The van der Waals surface area contributed by atoms with Crippen molar-refractivity contribution in [3.05, 3.63) is 84.3 Å². The number of aromatic nitrogens is 2. The maximum atomic E-state index is 12.9. The third-order valence-corrected chi connectivity index (χ3v) is 4.66. The van der Waals surface area contributed by atoms with Gasteiger partial charge in [-0.2, -0.15) is 13.2 Å². The van der Waals surface area contributed by atoms with E-state index in [1.807, 2.05) is 0 Å². The van der Waals surface area contributed by atoms with Gasteiger partial charge in [0.25, 0.3) is 5.56 Å². The highest BCUT2D eigenvalue weighted by Gasteiger charge is 2.32. The lowest BCUT2D eigenvalue weighted by Crippen LogP contribution is -2.20. The van der Waals surface area contributed by atoms with E-state index < -0.39 is 50.0 Å². The van der Waals surface area contributed by atoms with E-state index in [2.05, 4.69) is 5.10 Å². The molecular weight excluding hydrogens is 443 g/mol. The van der Waals surface area contributed by atoms with Gasteiger partial charge in [-0.25, -0.2) is 0 Å². The highest BCUT2D eigenvalue weighted by molar-refractivity contribution is 6.32. The molecule has 0 saturated heterocycles. The van der Waals surface area contributed by atoms with Gasteiger partial charge in [-0.1, -0.05) is 17.7 Å². The van der Waals surface area contributed by atoms with Crippen LogP contribution in [-0.2, 0) is 13.2 Å². The van der Waals surface area contributed by atoms with Gasteiger partial charge in [0, 0.05) is 12.7 Å². The van der Waals surface area contributed by atoms with Crippen LogP contribution in [0.4, 0.5) is 18.9 Å². The zero-order valence-electron chi connectivity index (χ0n) is 15.9. The van der Waals surface area contributed by atoms with Crippen molar-refractivity contribution < 1.29 is 27.6 Å². The maximum Gasteiger partial charge on any atom is 0.416 e. The molecule has 2 aromatic carbocycles. The van der Waals surface area contributed by atoms with E-state index in [9.17, 15) is 32.9 Å². The third-order valence-electron chi connectivity index (χ3n) is 4.36. The molecular formula is C19H13ClF3N3O5. The summed E-state index contributed by atoms with van der Waals surface area (Å²) in [5, 5.41) is 13.9. The van der Waals surface area contributed by atoms with E-state index in [0.717, 1.165) is 22.9 Å². The van der Waals surface area contributed by atoms with E-state index in [0.29, 0.717) is 12.1 Å². The van der Waals surface area contributed by atoms with E-state index in [1.165, 1.54) is 20.0 Å². The van der Waals surface area contributed by atoms with E-state index in [-0.39, 0.29) is 17.0 Å². The van der Waals surface area contributed by atoms with Gasteiger partial charge in [0.1, 0.15) is 16.9 Å². The minimum absolute atomic E-state index is 0.212. The van der Waals surface area contributed by atoms with Crippen LogP contribution in [-0.4, -0.2) is 20.5 Å². The Morgan fingerprint density at radius 3 is 2.42 bits per heavy atom. The zero-order valence-corrected chi connectivity index (χ0v) is 16.7. The fourth-order valence-electron chi connectivity index (χ4n) is 2.94. The second-order valence-corrected chi connectivity index (χ2v) is 6.87. The standard InChI is InChI=1S/C19H13ClF3N3O5/c1-9-15(18(28)25(2)24-9)17(27)11-4-3-5-14(16(11)26(29)30)31-13-7-6-10(8-12(13)20)19(21,22)23/h3-8,24H,1-2H3. The molecule has 8 nitrogen and oxygen atoms in total. The number of hydrogen-bond donors (Lipinski definition) is 1. The second-order valence-electron chi connectivity index (χ2n) is 6.46. The zero-order chi connectivity index (χ0) is 23.1. The Labute approximate surface area is 177 Å². The molecule has 0 unspecified atom stereocenters. The van der Waals surface area contributed by atoms with E-state index in [4.69, 9.17) is 16.3 Å². The van der Waals surface area contributed by atoms with Crippen molar-refractivity contribution in [3.8, 4) is 11.5 Å². The monoisotopic (exact) mass is 455 g/mol. The molecule has 0 fully saturated rings. The number of ketones is 1. The fourth-order valence-corrected chi connectivity index (χ4v) is 3.16. The van der Waals surface area contributed by atoms with Crippen LogP contribution in [0.5, 0.6) is 11.5 Å². The van der Waals surface area contributed by atoms with Gasteiger partial charge >= 0.3 is 11.9 Å². The SMILES string of the molecule is Cc1[nH]n(C)c(=O)c1C(=O)c1cccc(Oc2ccc(C(F)(F)F)cc2Cl)c1[N+](=O)[O-]. The first kappa shape index (κ1) is 22.1. The molecule has 0 amide bonds. The molecule has 0 radical (unpaired) electrons. The highest BCUT2D eigenvalue weighted by Crippen LogP contribution is 2.40. The number of para-hydroxylation sites is 1. The Balaban J connectivity index is 2.09. The number of carbonyl (C=O) groups excluding carboxylic acids is 1. The molecule has 3 aromatic rings. The van der Waals surface area contributed by atoms with E-state index >= 15 is 0 Å². The van der Waals surface area contributed by atoms with Gasteiger partial charge in [0.15, 0.2) is 0 Å². The Bertz CT molecular complexity index is 1260. The van der Waals surface area contributed by atoms with Crippen molar-refractivity contribution in [2.75, 3.05) is 0 Å². The number of halogens is 4. The number of nitrogens with zero attached hydrogens (tertiary/aromatic N) is 2. The maximum absolute atomic E-state index is 12.9. The van der Waals surface area contributed by atoms with Crippen molar-refractivity contribution in [2.24, 2.45) is 7.05 Å². The van der Waals surface area contributed by atoms with Crippen LogP contribution in [0, 0.1) is 17.0 Å². The number of hydrogen-bond acceptors (Lipinski definition) is 5. The van der Waals surface area contributed by atoms with Crippen LogP contribution >= 0.6 is 11.6 Å². The largest absolute Gasteiger partial charge is 0.449 e. The summed E-state index contributed by atoms with van der Waals surface area (Å²) in [6, 6.07) is 5.81. The highest BCUT2D eigenvalue weighted by atomic mass is 35.5. The van der Waals surface area contributed by atoms with Gasteiger partial charge in [-0.15, -0.1) is 0 Å². The van der Waals surface area contributed by atoms with Gasteiger partial charge in [0.05, 0.1) is 15.5 Å². The number of benzene rings is 2. The number of aromatic amines is 1. The van der Waals surface area contributed by atoms with Crippen LogP contribution in [0.3, 0.4) is 0 Å². The minimum Gasteiger partial charge on any atom is -0.449 e. The molecule has 1 N–H and O–H groups in total. The fraction of sp³-hybridized carbons (Fsp3) is 0.158. The number of H-pyrrole nitrogens is 1. The normalized spacial score (nSPS) is 11.4. The number of nitro groups is 1. The summed E-state index contributed by atoms with van der Waals surface area (Å²) in [5.74, 6) is -1.62. The number of nitro benzene ring substituents is 1. The summed E-state index contributed by atoms with van der Waals surface area (Å²) in [6.07, 6.45) is -4.64. The van der Waals surface area contributed by atoms with Crippen LogP contribution in [0.15, 0.2) is 41.2 Å². The lowest BCUT2D eigenvalue weighted by Gasteiger charge is -2.12. The molecule has 0 bridgehead atoms. The second kappa shape index (κ2) is 7.91. The third kappa shape index (κ3) is 4.17. The summed E-state index contributed by atoms with van der Waals surface area (Å²) < 4.78 is 44.9. The van der Waals surface area contributed by atoms with Crippen molar-refractivity contribution in [1.29, 1.82) is 0 Å². The van der Waals surface area contributed by atoms with Crippen LogP contribution in [0.1, 0.15) is 27.2 Å². The first-order chi connectivity index (χ1) is 14.4. The Kier molecular flexibility index (Phi) is 5.64. The Hall–Kier alpha value is -3.60. The first-order valence-electron chi connectivity index (χ1n) is 8.54. The van der Waals surface area contributed by atoms with Gasteiger partial charge < -0.3 is 4.74 Å². The molecule has 162 valence electrons. The molecule has 31 heavy (non-hydrogen) atoms. The number of nitrogens with one attached hydrogen (secondary N) is 1. The number of carbonyl (C=O) groups is 1. The molecule has 0 aliphatic heterocycles. The van der Waals surface area contributed by atoms with E-state index in [1.54, 1.807) is 0 Å². The van der Waals surface area contributed by atoms with Crippen molar-refractivity contribution in [3.63, 3.8) is 0 Å². The first-order valence-corrected chi connectivity index (χ1v) is 8.92. The lowest BCUT2D eigenvalue weighted by atomic mass is 10.0. The molecule has 1 heterocycles. The van der Waals surface area contributed by atoms with Crippen LogP contribution < -0.4 is 10.3 Å². The topological polar surface area (TPSA) is 107 Å². The summed E-state index contributed by atoms with van der Waals surface area (Å²) in [7, 11) is 1.38. The molecule has 0 aliphatic carbocycles. The van der Waals surface area contributed by atoms with Crippen molar-refractivity contribution >= 4 is 23.1 Å². The molecule has 12 heteroatoms. The number of rotatable bonds is 5. The molecule has 0 spiro atoms. The number of ether oxygens (including phenoxy) is 1. The van der Waals surface area contributed by atoms with Crippen molar-refractivity contribution in [2.45, 2.75) is 13.1 Å². The summed E-state index contributed by atoms with van der Waals surface area (Å²) in [5.41, 5.74) is -2.95. The summed E-state index contributed by atoms with van der Waals surface area (Å²) in [6.45, 7) is 1.46. The number of aryl methyl sites for hydroxylation is 2. The van der Waals surface area contributed by atoms with Gasteiger partial charge in [-0.05, 0) is 37.3 Å². The Morgan fingerprint density at radius 1 is 1.23 bits per heavy atom. The quantitative estimate of drug-likeness (QED) is 0.343. The summed E-state index contributed by atoms with van der Waals surface area (Å²) in [4.78, 5) is 36.0. The van der Waals surface area contributed by atoms with Crippen molar-refractivity contribution in [1.82, 2.24) is 9.78 Å². The molecule has 0 aliphatic rings.